The molecule has 4 heterocycles. The van der Waals surface area contributed by atoms with E-state index in [1.165, 1.54) is 11.1 Å². The summed E-state index contributed by atoms with van der Waals surface area (Å²) in [6.45, 7) is 1.41. The van der Waals surface area contributed by atoms with Crippen molar-refractivity contribution in [3.05, 3.63) is 88.9 Å². The molecule has 3 aliphatic rings. The van der Waals surface area contributed by atoms with Gasteiger partial charge < -0.3 is 10.0 Å². The number of nitrogens with zero attached hydrogens (tertiary/aromatic N) is 3. The molecule has 2 fully saturated rings. The number of carbonyl (C=O) groups excluding carboxylic acids is 3. The third kappa shape index (κ3) is 4.20. The van der Waals surface area contributed by atoms with Crippen LogP contribution in [0.15, 0.2) is 60.8 Å². The summed E-state index contributed by atoms with van der Waals surface area (Å²) < 4.78 is 14.6. The molecule has 37 heavy (non-hydrogen) atoms. The topological polar surface area (TPSA) is 103 Å². The second-order valence-electron chi connectivity index (χ2n) is 9.98. The number of hydrogen-bond acceptors (Lipinski definition) is 6. The number of aromatic nitrogens is 1. The van der Waals surface area contributed by atoms with Gasteiger partial charge >= 0.3 is 0 Å². The number of imide groups is 1. The average molecular weight is 501 g/mol. The van der Waals surface area contributed by atoms with Crippen molar-refractivity contribution >= 4 is 17.7 Å². The Kier molecular flexibility index (Phi) is 5.62. The lowest BCUT2D eigenvalue weighted by Gasteiger charge is -2.47. The summed E-state index contributed by atoms with van der Waals surface area (Å²) >= 11 is 0. The number of β-amino-alcohol motifs (C(OH)–C–C–N with tert-alkyl or cyclic N) is 1. The van der Waals surface area contributed by atoms with E-state index in [0.717, 1.165) is 16.7 Å². The summed E-state index contributed by atoms with van der Waals surface area (Å²) in [5.41, 5.74) is 2.97. The minimum Gasteiger partial charge on any atom is -0.382 e. The lowest BCUT2D eigenvalue weighted by atomic mass is 9.86. The van der Waals surface area contributed by atoms with Crippen molar-refractivity contribution in [2.75, 3.05) is 13.1 Å². The number of carbonyl (C=O) groups is 3. The Hall–Kier alpha value is -3.95. The van der Waals surface area contributed by atoms with Gasteiger partial charge in [-0.2, -0.15) is 0 Å². The maximum absolute atomic E-state index is 14.6. The van der Waals surface area contributed by atoms with Gasteiger partial charge in [-0.25, -0.2) is 4.39 Å². The number of pyridine rings is 1. The van der Waals surface area contributed by atoms with Crippen molar-refractivity contribution in [3.63, 3.8) is 0 Å². The van der Waals surface area contributed by atoms with Crippen molar-refractivity contribution in [2.45, 2.75) is 37.6 Å². The van der Waals surface area contributed by atoms with E-state index in [4.69, 9.17) is 0 Å². The predicted octanol–water partition coefficient (Wildman–Crippen LogP) is 2.35. The second-order valence-corrected chi connectivity index (χ2v) is 9.98. The molecule has 1 unspecified atom stereocenters. The number of fused-ring (bicyclic) bond motifs is 1. The van der Waals surface area contributed by atoms with Gasteiger partial charge in [-0.05, 0) is 35.7 Å². The quantitative estimate of drug-likeness (QED) is 0.522. The molecule has 2 N–H and O–H groups in total. The molecule has 3 aliphatic heterocycles. The van der Waals surface area contributed by atoms with Crippen LogP contribution in [-0.4, -0.2) is 56.7 Å². The van der Waals surface area contributed by atoms with Crippen LogP contribution in [0.1, 0.15) is 39.9 Å². The van der Waals surface area contributed by atoms with Gasteiger partial charge in [0.05, 0.1) is 11.9 Å². The van der Waals surface area contributed by atoms with Gasteiger partial charge in [-0.3, -0.25) is 29.6 Å². The number of nitrogens with one attached hydrogen (secondary N) is 1. The van der Waals surface area contributed by atoms with E-state index < -0.39 is 23.4 Å². The average Bonchev–Trinajstić information content (AvgIpc) is 3.20. The van der Waals surface area contributed by atoms with E-state index in [2.05, 4.69) is 10.3 Å². The van der Waals surface area contributed by atoms with Crippen LogP contribution >= 0.6 is 0 Å². The molecular formula is C28H25FN4O4. The van der Waals surface area contributed by atoms with Crippen molar-refractivity contribution in [1.82, 2.24) is 20.1 Å². The predicted molar refractivity (Wildman–Crippen MR) is 131 cm³/mol. The van der Waals surface area contributed by atoms with Crippen LogP contribution in [0.2, 0.25) is 0 Å². The number of likely N-dealkylation sites (tertiary alicyclic amines) is 1. The van der Waals surface area contributed by atoms with Gasteiger partial charge in [-0.1, -0.05) is 36.4 Å². The largest absolute Gasteiger partial charge is 0.382 e. The molecule has 0 radical (unpaired) electrons. The molecule has 1 aromatic heterocycles. The first-order valence-electron chi connectivity index (χ1n) is 12.2. The Labute approximate surface area is 212 Å². The monoisotopic (exact) mass is 500 g/mol. The maximum Gasteiger partial charge on any atom is 0.255 e. The van der Waals surface area contributed by atoms with E-state index in [1.54, 1.807) is 18.2 Å². The van der Waals surface area contributed by atoms with E-state index in [1.807, 2.05) is 41.3 Å². The molecule has 188 valence electrons. The minimum atomic E-state index is -0.936. The van der Waals surface area contributed by atoms with Crippen molar-refractivity contribution in [1.29, 1.82) is 0 Å². The maximum atomic E-state index is 14.6. The number of hydrogen-bond donors (Lipinski definition) is 2. The molecule has 2 saturated heterocycles. The molecule has 1 atom stereocenters. The fraction of sp³-hybridized carbons (Fsp3) is 0.286. The van der Waals surface area contributed by atoms with Crippen molar-refractivity contribution in [3.8, 4) is 11.3 Å². The fourth-order valence-corrected chi connectivity index (χ4v) is 5.47. The molecule has 0 saturated carbocycles. The molecule has 3 aromatic rings. The Morgan fingerprint density at radius 1 is 1.08 bits per heavy atom. The highest BCUT2D eigenvalue weighted by Crippen LogP contribution is 2.34. The number of amides is 3. The van der Waals surface area contributed by atoms with Gasteiger partial charge in [0, 0.05) is 49.3 Å². The summed E-state index contributed by atoms with van der Waals surface area (Å²) in [6.07, 6.45) is 1.70. The number of aliphatic hydroxyl groups is 1. The summed E-state index contributed by atoms with van der Waals surface area (Å²) in [5, 5.41) is 13.2. The molecule has 6 rings (SSSR count). The van der Waals surface area contributed by atoms with Crippen molar-refractivity contribution < 1.29 is 23.9 Å². The van der Waals surface area contributed by atoms with Gasteiger partial charge in [0.15, 0.2) is 0 Å². The first-order chi connectivity index (χ1) is 17.8. The van der Waals surface area contributed by atoms with E-state index in [-0.39, 0.29) is 24.8 Å². The van der Waals surface area contributed by atoms with E-state index >= 15 is 0 Å². The number of piperidine rings is 1. The molecule has 2 aromatic carbocycles. The first-order valence-corrected chi connectivity index (χ1v) is 12.2. The van der Waals surface area contributed by atoms with Crippen LogP contribution in [0.5, 0.6) is 0 Å². The fourth-order valence-electron chi connectivity index (χ4n) is 5.47. The number of halogens is 1. The molecule has 3 amide bonds. The van der Waals surface area contributed by atoms with Crippen LogP contribution in [0.4, 0.5) is 4.39 Å². The molecule has 8 nitrogen and oxygen atoms in total. The number of benzene rings is 2. The minimum absolute atomic E-state index is 0.198. The Morgan fingerprint density at radius 3 is 2.62 bits per heavy atom. The molecule has 0 aliphatic carbocycles. The van der Waals surface area contributed by atoms with E-state index in [9.17, 15) is 23.9 Å². The molecule has 0 bridgehead atoms. The van der Waals surface area contributed by atoms with Crippen LogP contribution in [0.3, 0.4) is 0 Å². The Balaban J connectivity index is 1.18. The number of rotatable bonds is 5. The Bertz CT molecular complexity index is 1420. The third-order valence-electron chi connectivity index (χ3n) is 7.43. The standard InChI is InChI=1S/C28H25FN4O4/c29-22-12-30-23(11-19(22)13-32-15-28(37,16-32)20-4-2-1-3-5-20)17-6-7-21-18(10-17)14-33(27(21)36)24-8-9-25(34)31-26(24)35/h1-7,10-12,24,37H,8-9,13-16H2,(H,31,34,35). The summed E-state index contributed by atoms with van der Waals surface area (Å²) in [6, 6.07) is 15.8. The smallest absolute Gasteiger partial charge is 0.255 e. The van der Waals surface area contributed by atoms with Crippen LogP contribution < -0.4 is 5.32 Å². The summed E-state index contributed by atoms with van der Waals surface area (Å²) in [5.74, 6) is -1.44. The molecule has 0 spiro atoms. The molecule has 9 heteroatoms. The van der Waals surface area contributed by atoms with Gasteiger partial charge in [0.2, 0.25) is 11.8 Å². The third-order valence-corrected chi connectivity index (χ3v) is 7.43. The molecular weight excluding hydrogens is 475 g/mol. The zero-order valence-electron chi connectivity index (χ0n) is 20.0. The summed E-state index contributed by atoms with van der Waals surface area (Å²) in [4.78, 5) is 44.5. The summed E-state index contributed by atoms with van der Waals surface area (Å²) in [7, 11) is 0. The van der Waals surface area contributed by atoms with Gasteiger partial charge in [0.25, 0.3) is 5.91 Å². The Morgan fingerprint density at radius 2 is 1.86 bits per heavy atom. The van der Waals surface area contributed by atoms with Crippen LogP contribution in [0.25, 0.3) is 11.3 Å². The van der Waals surface area contributed by atoms with Gasteiger partial charge in [-0.15, -0.1) is 0 Å². The lowest BCUT2D eigenvalue weighted by Crippen LogP contribution is -2.58. The van der Waals surface area contributed by atoms with Crippen molar-refractivity contribution in [2.24, 2.45) is 0 Å². The van der Waals surface area contributed by atoms with Gasteiger partial charge in [0.1, 0.15) is 17.5 Å². The highest BCUT2D eigenvalue weighted by Gasteiger charge is 2.42. The second kappa shape index (κ2) is 8.86. The van der Waals surface area contributed by atoms with Crippen LogP contribution in [0, 0.1) is 5.82 Å². The van der Waals surface area contributed by atoms with E-state index in [0.29, 0.717) is 42.9 Å². The van der Waals surface area contributed by atoms with Crippen LogP contribution in [-0.2, 0) is 28.3 Å². The zero-order chi connectivity index (χ0) is 25.7. The first kappa shape index (κ1) is 23.4. The highest BCUT2D eigenvalue weighted by molar-refractivity contribution is 6.05. The lowest BCUT2D eigenvalue weighted by molar-refractivity contribution is -0.136. The highest BCUT2D eigenvalue weighted by atomic mass is 19.1. The normalized spacial score (nSPS) is 21.0. The SMILES string of the molecule is O=C1CCC(N2Cc3cc(-c4cc(CN5CC(O)(c6ccccc6)C5)c(F)cn4)ccc3C2=O)C(=O)N1. The zero-order valence-corrected chi connectivity index (χ0v) is 20.0.